The Balaban J connectivity index is 1.67. The predicted molar refractivity (Wildman–Crippen MR) is 90.7 cm³/mol. The van der Waals surface area contributed by atoms with E-state index in [0.29, 0.717) is 11.3 Å². The Morgan fingerprint density at radius 2 is 1.83 bits per heavy atom. The number of thiazole rings is 1. The number of hydrogen-bond acceptors (Lipinski definition) is 5. The minimum Gasteiger partial charge on any atom is -0.423 e. The van der Waals surface area contributed by atoms with E-state index >= 15 is 0 Å². The van der Waals surface area contributed by atoms with Crippen LogP contribution >= 0.6 is 11.3 Å². The van der Waals surface area contributed by atoms with Crippen molar-refractivity contribution in [1.29, 1.82) is 0 Å². The van der Waals surface area contributed by atoms with Crippen LogP contribution < -0.4 is 4.74 Å². The molecule has 2 aromatic carbocycles. The fraction of sp³-hybridized carbons (Fsp3) is 0.0556. The molecule has 1 heterocycles. The van der Waals surface area contributed by atoms with E-state index < -0.39 is 5.97 Å². The fourth-order valence-electron chi connectivity index (χ4n) is 2.01. The highest BCUT2D eigenvalue weighted by Crippen LogP contribution is 2.22. The highest BCUT2D eigenvalue weighted by Gasteiger charge is 2.04. The number of ketones is 1. The third-order valence-corrected chi connectivity index (χ3v) is 4.15. The van der Waals surface area contributed by atoms with Crippen molar-refractivity contribution in [1.82, 2.24) is 4.98 Å². The number of rotatable bonds is 4. The zero-order valence-corrected chi connectivity index (χ0v) is 13.2. The van der Waals surface area contributed by atoms with Crippen LogP contribution in [0, 0.1) is 0 Å². The number of ether oxygens (including phenoxy) is 1. The van der Waals surface area contributed by atoms with Crippen molar-refractivity contribution in [2.45, 2.75) is 6.92 Å². The molecule has 0 spiro atoms. The average Bonchev–Trinajstić information content (AvgIpc) is 2.96. The highest BCUT2D eigenvalue weighted by atomic mass is 32.1. The van der Waals surface area contributed by atoms with Crippen LogP contribution in [0.3, 0.4) is 0 Å². The van der Waals surface area contributed by atoms with E-state index in [9.17, 15) is 9.59 Å². The Kier molecular flexibility index (Phi) is 4.30. The third kappa shape index (κ3) is 3.70. The maximum absolute atomic E-state index is 11.8. The van der Waals surface area contributed by atoms with Crippen LogP contribution in [0.5, 0.6) is 5.75 Å². The Morgan fingerprint density at radius 1 is 1.09 bits per heavy atom. The molecule has 0 saturated carbocycles. The summed E-state index contributed by atoms with van der Waals surface area (Å²) in [7, 11) is 0. The number of nitrogens with zero attached hydrogens (tertiary/aromatic N) is 1. The summed E-state index contributed by atoms with van der Waals surface area (Å²) in [4.78, 5) is 27.4. The first-order chi connectivity index (χ1) is 11.1. The van der Waals surface area contributed by atoms with Crippen LogP contribution in [-0.4, -0.2) is 16.7 Å². The minimum absolute atomic E-state index is 0.0291. The number of benzene rings is 2. The lowest BCUT2D eigenvalue weighted by Crippen LogP contribution is -2.03. The van der Waals surface area contributed by atoms with E-state index in [2.05, 4.69) is 4.98 Å². The molecule has 0 aliphatic heterocycles. The first kappa shape index (κ1) is 15.1. The summed E-state index contributed by atoms with van der Waals surface area (Å²) in [6.45, 7) is 1.49. The lowest BCUT2D eigenvalue weighted by Gasteiger charge is -2.01. The van der Waals surface area contributed by atoms with Crippen LogP contribution in [0.1, 0.15) is 22.3 Å². The van der Waals surface area contributed by atoms with Gasteiger partial charge in [-0.1, -0.05) is 12.1 Å². The topological polar surface area (TPSA) is 56.3 Å². The van der Waals surface area contributed by atoms with Gasteiger partial charge in [0.1, 0.15) is 10.8 Å². The first-order valence-corrected chi connectivity index (χ1v) is 7.80. The largest absolute Gasteiger partial charge is 0.423 e. The van der Waals surface area contributed by atoms with Crippen molar-refractivity contribution < 1.29 is 14.3 Å². The Labute approximate surface area is 137 Å². The number of fused-ring (bicyclic) bond motifs is 1. The molecule has 0 amide bonds. The van der Waals surface area contributed by atoms with E-state index in [4.69, 9.17) is 4.74 Å². The zero-order valence-electron chi connectivity index (χ0n) is 12.4. The number of carbonyl (C=O) groups is 2. The van der Waals surface area contributed by atoms with E-state index in [0.717, 1.165) is 15.2 Å². The summed E-state index contributed by atoms with van der Waals surface area (Å²) in [6.07, 6.45) is 2.98. The van der Waals surface area contributed by atoms with Crippen LogP contribution in [0.15, 0.2) is 54.6 Å². The predicted octanol–water partition coefficient (Wildman–Crippen LogP) is 4.12. The van der Waals surface area contributed by atoms with Gasteiger partial charge in [0.25, 0.3) is 0 Å². The number of carbonyl (C=O) groups excluding carboxylic acids is 2. The molecule has 114 valence electrons. The molecule has 0 fully saturated rings. The molecule has 1 aromatic heterocycles. The molecule has 3 aromatic rings. The number of esters is 1. The number of aromatic nitrogens is 1. The summed E-state index contributed by atoms with van der Waals surface area (Å²) < 4.78 is 6.25. The molecule has 0 atom stereocenters. The average molecular weight is 323 g/mol. The molecule has 0 radical (unpaired) electrons. The van der Waals surface area contributed by atoms with Crippen molar-refractivity contribution in [3.63, 3.8) is 0 Å². The molecular weight excluding hydrogens is 310 g/mol. The van der Waals surface area contributed by atoms with Crippen molar-refractivity contribution in [3.8, 4) is 5.75 Å². The van der Waals surface area contributed by atoms with Crippen molar-refractivity contribution in [3.05, 3.63) is 65.2 Å². The highest BCUT2D eigenvalue weighted by molar-refractivity contribution is 7.19. The van der Waals surface area contributed by atoms with Gasteiger partial charge in [-0.3, -0.25) is 4.79 Å². The first-order valence-electron chi connectivity index (χ1n) is 6.98. The Hall–Kier alpha value is -2.79. The summed E-state index contributed by atoms with van der Waals surface area (Å²) in [5.41, 5.74) is 1.49. The molecule has 3 rings (SSSR count). The zero-order chi connectivity index (χ0) is 16.2. The second kappa shape index (κ2) is 6.54. The van der Waals surface area contributed by atoms with Gasteiger partial charge in [-0.05, 0) is 49.4 Å². The molecule has 0 aliphatic rings. The van der Waals surface area contributed by atoms with Gasteiger partial charge in [0.2, 0.25) is 0 Å². The number of hydrogen-bond donors (Lipinski definition) is 0. The van der Waals surface area contributed by atoms with Gasteiger partial charge in [0.15, 0.2) is 5.78 Å². The smallest absolute Gasteiger partial charge is 0.336 e. The van der Waals surface area contributed by atoms with Gasteiger partial charge in [-0.2, -0.15) is 0 Å². The van der Waals surface area contributed by atoms with Crippen LogP contribution in [0.25, 0.3) is 16.3 Å². The second-order valence-corrected chi connectivity index (χ2v) is 5.92. The molecule has 0 saturated heterocycles. The third-order valence-electron chi connectivity index (χ3n) is 3.15. The van der Waals surface area contributed by atoms with Crippen molar-refractivity contribution >= 4 is 39.4 Å². The summed E-state index contributed by atoms with van der Waals surface area (Å²) in [5.74, 6) is -0.118. The lowest BCUT2D eigenvalue weighted by atomic mass is 10.1. The molecular formula is C18H13NO3S. The van der Waals surface area contributed by atoms with Gasteiger partial charge >= 0.3 is 5.97 Å². The van der Waals surface area contributed by atoms with Gasteiger partial charge in [-0.15, -0.1) is 11.3 Å². The molecule has 5 heteroatoms. The fourth-order valence-corrected chi connectivity index (χ4v) is 2.88. The monoisotopic (exact) mass is 323 g/mol. The SMILES string of the molecule is CC(=O)c1ccc(OC(=O)/C=C/c2nc3ccccc3s2)cc1. The normalized spacial score (nSPS) is 11.0. The van der Waals surface area contributed by atoms with Crippen LogP contribution in [-0.2, 0) is 4.79 Å². The Bertz CT molecular complexity index is 861. The van der Waals surface area contributed by atoms with Crippen molar-refractivity contribution in [2.75, 3.05) is 0 Å². The van der Waals surface area contributed by atoms with E-state index in [1.165, 1.54) is 24.3 Å². The van der Waals surface area contributed by atoms with Crippen molar-refractivity contribution in [2.24, 2.45) is 0 Å². The standard InChI is InChI=1S/C18H13NO3S/c1-12(20)13-6-8-14(9-7-13)22-18(21)11-10-17-19-15-4-2-3-5-16(15)23-17/h2-11H,1H3/b11-10+. The van der Waals surface area contributed by atoms with E-state index in [1.54, 1.807) is 30.3 Å². The maximum atomic E-state index is 11.8. The van der Waals surface area contributed by atoms with Gasteiger partial charge in [0.05, 0.1) is 10.2 Å². The quantitative estimate of drug-likeness (QED) is 0.314. The molecule has 0 aliphatic carbocycles. The van der Waals surface area contributed by atoms with Crippen LogP contribution in [0.4, 0.5) is 0 Å². The lowest BCUT2D eigenvalue weighted by molar-refractivity contribution is -0.128. The van der Waals surface area contributed by atoms with Gasteiger partial charge < -0.3 is 4.74 Å². The van der Waals surface area contributed by atoms with E-state index in [-0.39, 0.29) is 5.78 Å². The second-order valence-electron chi connectivity index (χ2n) is 4.85. The summed E-state index contributed by atoms with van der Waals surface area (Å²) >= 11 is 1.51. The molecule has 0 unspecified atom stereocenters. The molecule has 0 N–H and O–H groups in total. The number of Topliss-reactive ketones (excluding diaryl/α,β-unsaturated/α-hetero) is 1. The Morgan fingerprint density at radius 3 is 2.52 bits per heavy atom. The van der Waals surface area contributed by atoms with Gasteiger partial charge in [-0.25, -0.2) is 9.78 Å². The molecule has 23 heavy (non-hydrogen) atoms. The number of para-hydroxylation sites is 1. The minimum atomic E-state index is -0.486. The van der Waals surface area contributed by atoms with Crippen LogP contribution in [0.2, 0.25) is 0 Å². The summed E-state index contributed by atoms with van der Waals surface area (Å²) in [6, 6.07) is 14.2. The van der Waals surface area contributed by atoms with E-state index in [1.807, 2.05) is 24.3 Å². The molecule has 4 nitrogen and oxygen atoms in total. The summed E-state index contributed by atoms with van der Waals surface area (Å²) in [5, 5.41) is 0.745. The molecule has 0 bridgehead atoms. The maximum Gasteiger partial charge on any atom is 0.336 e. The van der Waals surface area contributed by atoms with Gasteiger partial charge in [0, 0.05) is 11.6 Å².